The standard InChI is InChI=1S/Ag.3FH.Zn/h;3*1H;/q+1;;;;+2/p-3. The molecule has 0 aliphatic rings. The summed E-state index contributed by atoms with van der Waals surface area (Å²) in [5.74, 6) is 0. The van der Waals surface area contributed by atoms with Crippen LogP contribution in [0.3, 0.4) is 0 Å². The van der Waals surface area contributed by atoms with Crippen LogP contribution in [-0.2, 0) is 41.1 Å². The Morgan fingerprint density at radius 3 is 1.00 bits per heavy atom. The van der Waals surface area contributed by atoms with Crippen LogP contribution in [0.1, 0.15) is 0 Å². The molecular formula is AgF3Zn. The van der Waals surface area contributed by atoms with Crippen molar-refractivity contribution in [1.29, 1.82) is 0 Å². The van der Waals surface area contributed by atoms with Gasteiger partial charge in [0.05, 0.1) is 0 Å². The average Bonchev–Trinajstić information content (AvgIpc) is 1.00. The average molecular weight is 230 g/mol. The van der Waals surface area contributed by atoms with E-state index in [2.05, 4.69) is 0 Å². The van der Waals surface area contributed by atoms with Crippen molar-refractivity contribution >= 4 is 0 Å². The van der Waals surface area contributed by atoms with Crippen LogP contribution in [0.5, 0.6) is 0 Å². The van der Waals surface area contributed by atoms with E-state index in [-0.39, 0.29) is 28.9 Å². The molecule has 0 unspecified atom stereocenters. The Morgan fingerprint density at radius 2 is 1.00 bits per heavy atom. The summed E-state index contributed by atoms with van der Waals surface area (Å²) in [6, 6.07) is 0. The number of hydrogen-bond acceptors (Lipinski definition) is 0. The van der Waals surface area contributed by atoms with E-state index in [0.29, 0.717) is 0 Å². The van der Waals surface area contributed by atoms with E-state index in [1.807, 2.05) is 0 Å². The maximum Gasteiger partial charge on any atom is 2.00 e. The van der Waals surface area contributed by atoms with Crippen LogP contribution in [0.15, 0.2) is 0 Å². The van der Waals surface area contributed by atoms with Crippen molar-refractivity contribution in [2.45, 2.75) is 0 Å². The first kappa shape index (κ1) is 35.2. The normalized spacial score (nSPS) is 1.40. The van der Waals surface area contributed by atoms with Crippen molar-refractivity contribution in [3.05, 3.63) is 0 Å². The maximum absolute atomic E-state index is 9.31. The zero-order valence-electron chi connectivity index (χ0n) is 2.14. The minimum atomic E-state index is 0. The molecule has 0 spiro atoms. The second kappa shape index (κ2) is 66.8. The molecule has 0 atom stereocenters. The molecule has 0 fully saturated rings. The Morgan fingerprint density at radius 1 is 1.00 bits per heavy atom. The third-order valence-corrected chi connectivity index (χ3v) is 0. The summed E-state index contributed by atoms with van der Waals surface area (Å²) in [5.41, 5.74) is 0. The molecule has 0 heterocycles. The molecule has 0 aromatic heterocycles. The smallest absolute Gasteiger partial charge is 2.00 e. The summed E-state index contributed by atoms with van der Waals surface area (Å²) in [7, 11) is 0. The predicted octanol–water partition coefficient (Wildman–Crippen LogP) is -5.58. The molecule has 0 aromatic carbocycles. The first-order valence-electron chi connectivity index (χ1n) is 0.114. The molecule has 5 heteroatoms. The van der Waals surface area contributed by atoms with Crippen LogP contribution in [0.4, 0.5) is 3.02 Å². The molecule has 0 aliphatic heterocycles. The number of rotatable bonds is 0. The second-order valence-corrected chi connectivity index (χ2v) is 0. The van der Waals surface area contributed by atoms with Gasteiger partial charge in [-0.15, -0.1) is 0 Å². The van der Waals surface area contributed by atoms with Crippen molar-refractivity contribution in [2.24, 2.45) is 0 Å². The van der Waals surface area contributed by atoms with E-state index in [1.54, 1.807) is 0 Å². The van der Waals surface area contributed by atoms with Crippen molar-refractivity contribution in [3.8, 4) is 0 Å². The molecular weight excluding hydrogens is 230 g/mol. The van der Waals surface area contributed by atoms with Gasteiger partial charge in [-0.1, -0.05) is 0 Å². The van der Waals surface area contributed by atoms with Gasteiger partial charge >= 0.3 is 44.1 Å². The third kappa shape index (κ3) is 38.5. The minimum absolute atomic E-state index is 0. The van der Waals surface area contributed by atoms with Gasteiger partial charge in [0.25, 0.3) is 0 Å². The van der Waals surface area contributed by atoms with Crippen LogP contribution in [0, 0.1) is 0 Å². The summed E-state index contributed by atoms with van der Waals surface area (Å²) in [6.07, 6.45) is 0. The largest absolute Gasteiger partial charge is 2.00 e. The number of hydrogen-bond donors (Lipinski definition) is 0. The molecule has 0 saturated heterocycles. The van der Waals surface area contributed by atoms with Crippen molar-refractivity contribution in [2.75, 3.05) is 0 Å². The SMILES string of the molecule is [F-].[F-].[F][Ag].[Zn+2]. The van der Waals surface area contributed by atoms with Crippen LogP contribution in [0.25, 0.3) is 0 Å². The van der Waals surface area contributed by atoms with Crippen LogP contribution in [0.2, 0.25) is 0 Å². The van der Waals surface area contributed by atoms with E-state index in [0.717, 1.165) is 0 Å². The van der Waals surface area contributed by atoms with Gasteiger partial charge in [-0.3, -0.25) is 0 Å². The van der Waals surface area contributed by atoms with Gasteiger partial charge in [0.1, 0.15) is 0 Å². The van der Waals surface area contributed by atoms with Crippen LogP contribution >= 0.6 is 0 Å². The molecule has 0 N–H and O–H groups in total. The Kier molecular flexibility index (Phi) is 471. The van der Waals surface area contributed by atoms with Gasteiger partial charge in [-0.2, -0.15) is 0 Å². The van der Waals surface area contributed by atoms with E-state index < -0.39 is 0 Å². The summed E-state index contributed by atoms with van der Waals surface area (Å²) in [5, 5.41) is 0. The van der Waals surface area contributed by atoms with Gasteiger partial charge in [0, 0.05) is 0 Å². The van der Waals surface area contributed by atoms with Crippen LogP contribution < -0.4 is 9.41 Å². The zero-order valence-corrected chi connectivity index (χ0v) is 6.59. The van der Waals surface area contributed by atoms with E-state index in [1.165, 1.54) is 21.6 Å². The molecule has 0 aromatic rings. The molecule has 0 nitrogen and oxygen atoms in total. The molecule has 0 radical (unpaired) electrons. The quantitative estimate of drug-likeness (QED) is 0.364. The zero-order chi connectivity index (χ0) is 2.00. The summed E-state index contributed by atoms with van der Waals surface area (Å²) >= 11 is 1.45. The molecule has 0 saturated carbocycles. The van der Waals surface area contributed by atoms with Gasteiger partial charge in [0.2, 0.25) is 0 Å². The first-order valence-corrected chi connectivity index (χ1v) is 0.674. The molecule has 0 aliphatic carbocycles. The molecule has 34 valence electrons. The third-order valence-electron chi connectivity index (χ3n) is 0. The Labute approximate surface area is 53.6 Å². The summed E-state index contributed by atoms with van der Waals surface area (Å²) < 4.78 is 9.31. The Hall–Kier alpha value is 1.15. The van der Waals surface area contributed by atoms with E-state index >= 15 is 0 Å². The van der Waals surface area contributed by atoms with Gasteiger partial charge in [-0.05, 0) is 0 Å². The van der Waals surface area contributed by atoms with E-state index in [4.69, 9.17) is 0 Å². The summed E-state index contributed by atoms with van der Waals surface area (Å²) in [4.78, 5) is 0. The topological polar surface area (TPSA) is 0 Å². The van der Waals surface area contributed by atoms with Gasteiger partial charge < -0.3 is 9.41 Å². The molecule has 0 rings (SSSR count). The molecule has 5 heavy (non-hydrogen) atoms. The van der Waals surface area contributed by atoms with Crippen molar-refractivity contribution < 1.29 is 53.5 Å². The molecule has 0 amide bonds. The van der Waals surface area contributed by atoms with Gasteiger partial charge in [-0.25, -0.2) is 0 Å². The fourth-order valence-corrected chi connectivity index (χ4v) is 0. The fraction of sp³-hybridized carbons (Fsp3) is 0. The predicted molar refractivity (Wildman–Crippen MR) is 1.11 cm³/mol. The fourth-order valence-electron chi connectivity index (χ4n) is 0. The Balaban J connectivity index is -0.00000000167. The first-order chi connectivity index (χ1) is 1.00. The van der Waals surface area contributed by atoms with Crippen molar-refractivity contribution in [3.63, 3.8) is 0 Å². The summed E-state index contributed by atoms with van der Waals surface area (Å²) in [6.45, 7) is 0. The van der Waals surface area contributed by atoms with Gasteiger partial charge in [0.15, 0.2) is 0 Å². The second-order valence-electron chi connectivity index (χ2n) is 0. The number of halogens is 3. The Bertz CT molecular complexity index is 6.85. The maximum atomic E-state index is 9.31. The molecule has 0 bridgehead atoms. The van der Waals surface area contributed by atoms with Crippen molar-refractivity contribution in [1.82, 2.24) is 0 Å². The van der Waals surface area contributed by atoms with Crippen LogP contribution in [-0.4, -0.2) is 0 Å². The monoisotopic (exact) mass is 228 g/mol. The minimum Gasteiger partial charge on any atom is 2.00 e. The van der Waals surface area contributed by atoms with E-state index in [9.17, 15) is 3.02 Å².